The number of hydrogen-bond acceptors (Lipinski definition) is 4. The van der Waals surface area contributed by atoms with Crippen molar-refractivity contribution in [2.75, 3.05) is 23.7 Å². The van der Waals surface area contributed by atoms with Gasteiger partial charge < -0.3 is 10.1 Å². The van der Waals surface area contributed by atoms with Gasteiger partial charge in [0.15, 0.2) is 0 Å². The second-order valence-corrected chi connectivity index (χ2v) is 9.11. The summed E-state index contributed by atoms with van der Waals surface area (Å²) < 4.78 is 45.2. The smallest absolute Gasteiger partial charge is 0.251 e. The Kier molecular flexibility index (Phi) is 7.97. The van der Waals surface area contributed by atoms with E-state index in [9.17, 15) is 17.6 Å². The van der Waals surface area contributed by atoms with Crippen molar-refractivity contribution in [3.8, 4) is 0 Å². The average molecular weight is 457 g/mol. The Morgan fingerprint density at radius 1 is 0.969 bits per heavy atom. The number of nitrogens with one attached hydrogen (secondary N) is 1. The Labute approximate surface area is 187 Å². The van der Waals surface area contributed by atoms with Crippen LogP contribution in [0.5, 0.6) is 0 Å². The molecule has 0 bridgehead atoms. The molecule has 0 aliphatic heterocycles. The zero-order chi connectivity index (χ0) is 23.0. The van der Waals surface area contributed by atoms with Crippen LogP contribution in [0.3, 0.4) is 0 Å². The monoisotopic (exact) mass is 456 g/mol. The molecule has 3 aromatic rings. The lowest BCUT2D eigenvalue weighted by atomic mass is 10.1. The second-order valence-electron chi connectivity index (χ2n) is 7.20. The summed E-state index contributed by atoms with van der Waals surface area (Å²) in [5.74, 6) is -0.772. The van der Waals surface area contributed by atoms with E-state index in [1.165, 1.54) is 36.4 Å². The normalized spacial score (nSPS) is 11.2. The summed E-state index contributed by atoms with van der Waals surface area (Å²) in [5.41, 5.74) is 2.05. The Balaban J connectivity index is 1.57. The van der Waals surface area contributed by atoms with Gasteiger partial charge in [-0.15, -0.1) is 0 Å². The van der Waals surface area contributed by atoms with Gasteiger partial charge in [0.1, 0.15) is 5.82 Å². The molecule has 0 atom stereocenters. The average Bonchev–Trinajstić information content (AvgIpc) is 2.78. The Morgan fingerprint density at radius 2 is 1.62 bits per heavy atom. The molecule has 0 heterocycles. The molecule has 8 heteroatoms. The van der Waals surface area contributed by atoms with Crippen LogP contribution in [0.15, 0.2) is 78.9 Å². The largest absolute Gasteiger partial charge is 0.375 e. The van der Waals surface area contributed by atoms with E-state index < -0.39 is 15.8 Å². The highest BCUT2D eigenvalue weighted by molar-refractivity contribution is 7.92. The molecule has 0 radical (unpaired) electrons. The lowest BCUT2D eigenvalue weighted by Gasteiger charge is -2.23. The summed E-state index contributed by atoms with van der Waals surface area (Å²) in [6.07, 6.45) is 1.06. The van der Waals surface area contributed by atoms with E-state index in [1.54, 1.807) is 12.1 Å². The van der Waals surface area contributed by atoms with E-state index in [0.29, 0.717) is 31.0 Å². The fraction of sp³-hybridized carbons (Fsp3) is 0.208. The molecular weight excluding hydrogens is 431 g/mol. The number of carbonyl (C=O) groups excluding carboxylic acids is 1. The molecule has 3 aromatic carbocycles. The van der Waals surface area contributed by atoms with Crippen LogP contribution in [0.25, 0.3) is 0 Å². The van der Waals surface area contributed by atoms with Crippen LogP contribution in [0.2, 0.25) is 0 Å². The third-order valence-electron chi connectivity index (χ3n) is 4.73. The lowest BCUT2D eigenvalue weighted by Crippen LogP contribution is -2.30. The standard InChI is InChI=1S/C24H25FN2O4S/c1-32(29,30)27(17-21-9-5-6-10-23(21)25)22-13-11-20(12-14-22)24(28)26-15-16-31-18-19-7-3-2-4-8-19/h2-14H,15-18H2,1H3,(H,26,28). The van der Waals surface area contributed by atoms with Gasteiger partial charge in [-0.05, 0) is 35.9 Å². The van der Waals surface area contributed by atoms with Crippen molar-refractivity contribution in [1.82, 2.24) is 5.32 Å². The topological polar surface area (TPSA) is 75.7 Å². The van der Waals surface area contributed by atoms with Gasteiger partial charge in [-0.25, -0.2) is 12.8 Å². The number of benzene rings is 3. The molecule has 0 spiro atoms. The third kappa shape index (κ3) is 6.63. The van der Waals surface area contributed by atoms with Gasteiger partial charge in [0.2, 0.25) is 10.0 Å². The molecule has 0 aromatic heterocycles. The minimum Gasteiger partial charge on any atom is -0.375 e. The molecule has 32 heavy (non-hydrogen) atoms. The number of halogens is 1. The highest BCUT2D eigenvalue weighted by Gasteiger charge is 2.19. The van der Waals surface area contributed by atoms with Crippen LogP contribution in [0, 0.1) is 5.82 Å². The number of hydrogen-bond donors (Lipinski definition) is 1. The van der Waals surface area contributed by atoms with Crippen LogP contribution in [0.1, 0.15) is 21.5 Å². The highest BCUT2D eigenvalue weighted by atomic mass is 32.2. The lowest BCUT2D eigenvalue weighted by molar-refractivity contribution is 0.0901. The van der Waals surface area contributed by atoms with Crippen molar-refractivity contribution in [2.45, 2.75) is 13.2 Å². The molecule has 0 saturated heterocycles. The van der Waals surface area contributed by atoms with E-state index in [1.807, 2.05) is 30.3 Å². The van der Waals surface area contributed by atoms with Crippen molar-refractivity contribution in [3.05, 3.63) is 101 Å². The SMILES string of the molecule is CS(=O)(=O)N(Cc1ccccc1F)c1ccc(C(=O)NCCOCc2ccccc2)cc1. The first-order chi connectivity index (χ1) is 15.3. The fourth-order valence-electron chi connectivity index (χ4n) is 3.06. The van der Waals surface area contributed by atoms with E-state index in [0.717, 1.165) is 16.1 Å². The predicted molar refractivity (Wildman–Crippen MR) is 122 cm³/mol. The van der Waals surface area contributed by atoms with Gasteiger partial charge in [0.05, 0.1) is 31.7 Å². The number of amides is 1. The van der Waals surface area contributed by atoms with Crippen molar-refractivity contribution in [1.29, 1.82) is 0 Å². The van der Waals surface area contributed by atoms with Gasteiger partial charge in [0, 0.05) is 17.7 Å². The minimum absolute atomic E-state index is 0.143. The van der Waals surface area contributed by atoms with Gasteiger partial charge in [0.25, 0.3) is 5.91 Å². The zero-order valence-corrected chi connectivity index (χ0v) is 18.5. The molecule has 6 nitrogen and oxygen atoms in total. The van der Waals surface area contributed by atoms with Gasteiger partial charge in [-0.1, -0.05) is 48.5 Å². The van der Waals surface area contributed by atoms with Crippen molar-refractivity contribution in [2.24, 2.45) is 0 Å². The molecule has 0 fully saturated rings. The van der Waals surface area contributed by atoms with Crippen molar-refractivity contribution >= 4 is 21.6 Å². The number of ether oxygens (including phenoxy) is 1. The van der Waals surface area contributed by atoms with E-state index in [-0.39, 0.29) is 18.0 Å². The molecule has 168 valence electrons. The second kappa shape index (κ2) is 10.9. The highest BCUT2D eigenvalue weighted by Crippen LogP contribution is 2.22. The summed E-state index contributed by atoms with van der Waals surface area (Å²) in [5, 5.41) is 2.77. The Hall–Kier alpha value is -3.23. The number of sulfonamides is 1. The maximum atomic E-state index is 14.0. The zero-order valence-electron chi connectivity index (χ0n) is 17.7. The van der Waals surface area contributed by atoms with Gasteiger partial charge in [-0.3, -0.25) is 9.10 Å². The third-order valence-corrected chi connectivity index (χ3v) is 5.87. The summed E-state index contributed by atoms with van der Waals surface area (Å²) in [4.78, 5) is 12.3. The molecule has 1 N–H and O–H groups in total. The Bertz CT molecular complexity index is 1140. The van der Waals surface area contributed by atoms with E-state index in [2.05, 4.69) is 5.32 Å². The quantitative estimate of drug-likeness (QED) is 0.472. The number of anilines is 1. The first kappa shape index (κ1) is 23.4. The molecule has 1 amide bonds. The molecule has 0 unspecified atom stereocenters. The van der Waals surface area contributed by atoms with Crippen LogP contribution >= 0.6 is 0 Å². The van der Waals surface area contributed by atoms with Crippen molar-refractivity contribution < 1.29 is 22.3 Å². The molecular formula is C24H25FN2O4S. The predicted octanol–water partition coefficient (Wildman–Crippen LogP) is 3.74. The summed E-state index contributed by atoms with van der Waals surface area (Å²) in [7, 11) is -3.66. The molecule has 0 saturated carbocycles. The van der Waals surface area contributed by atoms with Crippen LogP contribution in [-0.4, -0.2) is 33.7 Å². The van der Waals surface area contributed by atoms with E-state index in [4.69, 9.17) is 4.74 Å². The summed E-state index contributed by atoms with van der Waals surface area (Å²) in [6, 6.07) is 21.9. The van der Waals surface area contributed by atoms with Gasteiger partial charge in [-0.2, -0.15) is 0 Å². The summed E-state index contributed by atoms with van der Waals surface area (Å²) >= 11 is 0. The number of nitrogens with zero attached hydrogens (tertiary/aromatic N) is 1. The first-order valence-corrected chi connectivity index (χ1v) is 11.9. The molecule has 3 rings (SSSR count). The summed E-state index contributed by atoms with van der Waals surface area (Å²) in [6.45, 7) is 1.03. The molecule has 0 aliphatic carbocycles. The van der Waals surface area contributed by atoms with E-state index >= 15 is 0 Å². The van der Waals surface area contributed by atoms with Gasteiger partial charge >= 0.3 is 0 Å². The van der Waals surface area contributed by atoms with Crippen LogP contribution < -0.4 is 9.62 Å². The number of rotatable bonds is 10. The van der Waals surface area contributed by atoms with Crippen molar-refractivity contribution in [3.63, 3.8) is 0 Å². The minimum atomic E-state index is -3.66. The maximum Gasteiger partial charge on any atom is 0.251 e. The maximum absolute atomic E-state index is 14.0. The Morgan fingerprint density at radius 3 is 2.28 bits per heavy atom. The van der Waals surface area contributed by atoms with Crippen LogP contribution in [0.4, 0.5) is 10.1 Å². The first-order valence-electron chi connectivity index (χ1n) is 10.1. The number of carbonyl (C=O) groups is 1. The molecule has 0 aliphatic rings. The fourth-order valence-corrected chi connectivity index (χ4v) is 3.94. The van der Waals surface area contributed by atoms with Crippen LogP contribution in [-0.2, 0) is 27.9 Å².